The molecule has 0 bridgehead atoms. The number of rotatable bonds is 3. The summed E-state index contributed by atoms with van der Waals surface area (Å²) in [6.07, 6.45) is 0.600. The number of aromatic nitrogens is 2. The van der Waals surface area contributed by atoms with Crippen LogP contribution in [0.1, 0.15) is 27.2 Å². The first-order valence-corrected chi connectivity index (χ1v) is 9.21. The number of hydrogen-bond acceptors (Lipinski definition) is 5. The van der Waals surface area contributed by atoms with Crippen molar-refractivity contribution in [1.82, 2.24) is 15.1 Å². The van der Waals surface area contributed by atoms with E-state index in [0.29, 0.717) is 6.42 Å². The summed E-state index contributed by atoms with van der Waals surface area (Å²) in [4.78, 5) is 17.6. The largest absolute Gasteiger partial charge is 0.352 e. The van der Waals surface area contributed by atoms with E-state index in [1.54, 1.807) is 11.3 Å². The van der Waals surface area contributed by atoms with Crippen LogP contribution in [-0.4, -0.2) is 47.2 Å². The van der Waals surface area contributed by atoms with E-state index in [1.165, 1.54) is 0 Å². The molecule has 1 fully saturated rings. The van der Waals surface area contributed by atoms with Crippen molar-refractivity contribution in [3.05, 3.63) is 29.6 Å². The summed E-state index contributed by atoms with van der Waals surface area (Å²) in [5, 5.41) is 10.7. The predicted molar refractivity (Wildman–Crippen MR) is 98.2 cm³/mol. The SMILES string of the molecule is CC(C)(C)CC(=O)N1CCN(c2ccc(-c3cccs3)nn2)CC1. The Morgan fingerprint density at radius 1 is 1.12 bits per heavy atom. The zero-order chi connectivity index (χ0) is 17.2. The molecule has 1 saturated heterocycles. The lowest BCUT2D eigenvalue weighted by atomic mass is 9.91. The molecule has 6 heteroatoms. The maximum absolute atomic E-state index is 12.3. The third-order valence-corrected chi connectivity index (χ3v) is 4.95. The van der Waals surface area contributed by atoms with E-state index in [2.05, 4.69) is 35.9 Å². The smallest absolute Gasteiger partial charge is 0.223 e. The summed E-state index contributed by atoms with van der Waals surface area (Å²) >= 11 is 1.67. The normalized spacial score (nSPS) is 15.6. The first-order valence-electron chi connectivity index (χ1n) is 8.33. The average molecular weight is 344 g/mol. The number of carbonyl (C=O) groups is 1. The molecule has 1 aliphatic heterocycles. The number of anilines is 1. The molecule has 0 spiro atoms. The quantitative estimate of drug-likeness (QED) is 0.857. The van der Waals surface area contributed by atoms with Gasteiger partial charge in [-0.15, -0.1) is 21.5 Å². The van der Waals surface area contributed by atoms with Crippen LogP contribution in [-0.2, 0) is 4.79 Å². The predicted octanol–water partition coefficient (Wildman–Crippen LogP) is 3.29. The Labute approximate surface area is 147 Å². The molecular weight excluding hydrogens is 320 g/mol. The summed E-state index contributed by atoms with van der Waals surface area (Å²) in [6.45, 7) is 9.43. The fraction of sp³-hybridized carbons (Fsp3) is 0.500. The minimum atomic E-state index is 0.0390. The van der Waals surface area contributed by atoms with Crippen molar-refractivity contribution in [1.29, 1.82) is 0 Å². The summed E-state index contributed by atoms with van der Waals surface area (Å²) in [7, 11) is 0. The van der Waals surface area contributed by atoms with Crippen LogP contribution in [0.2, 0.25) is 0 Å². The molecule has 0 radical (unpaired) electrons. The Morgan fingerprint density at radius 2 is 1.88 bits per heavy atom. The van der Waals surface area contributed by atoms with E-state index in [-0.39, 0.29) is 11.3 Å². The highest BCUT2D eigenvalue weighted by atomic mass is 32.1. The lowest BCUT2D eigenvalue weighted by molar-refractivity contribution is -0.133. The van der Waals surface area contributed by atoms with Gasteiger partial charge in [-0.1, -0.05) is 26.8 Å². The third-order valence-electron chi connectivity index (χ3n) is 4.06. The molecule has 3 heterocycles. The molecule has 0 N–H and O–H groups in total. The lowest BCUT2D eigenvalue weighted by Gasteiger charge is -2.36. The molecule has 0 saturated carbocycles. The van der Waals surface area contributed by atoms with E-state index in [4.69, 9.17) is 0 Å². The number of thiophene rings is 1. The van der Waals surface area contributed by atoms with Crippen LogP contribution in [0, 0.1) is 5.41 Å². The monoisotopic (exact) mass is 344 g/mol. The molecule has 0 atom stereocenters. The van der Waals surface area contributed by atoms with Crippen LogP contribution in [0.4, 0.5) is 5.82 Å². The van der Waals surface area contributed by atoms with Crippen molar-refractivity contribution in [3.8, 4) is 10.6 Å². The molecule has 0 aliphatic carbocycles. The van der Waals surface area contributed by atoms with Gasteiger partial charge >= 0.3 is 0 Å². The number of carbonyl (C=O) groups excluding carboxylic acids is 1. The lowest BCUT2D eigenvalue weighted by Crippen LogP contribution is -2.49. The van der Waals surface area contributed by atoms with Crippen LogP contribution in [0.3, 0.4) is 0 Å². The van der Waals surface area contributed by atoms with Gasteiger partial charge in [0.05, 0.1) is 4.88 Å². The molecule has 0 unspecified atom stereocenters. The maximum atomic E-state index is 12.3. The molecule has 2 aromatic heterocycles. The molecule has 3 rings (SSSR count). The van der Waals surface area contributed by atoms with Crippen LogP contribution in [0.15, 0.2) is 29.6 Å². The molecule has 24 heavy (non-hydrogen) atoms. The highest BCUT2D eigenvalue weighted by molar-refractivity contribution is 7.13. The van der Waals surface area contributed by atoms with Crippen LogP contribution in [0.5, 0.6) is 0 Å². The minimum Gasteiger partial charge on any atom is -0.352 e. The fourth-order valence-corrected chi connectivity index (χ4v) is 3.49. The van der Waals surface area contributed by atoms with Gasteiger partial charge in [-0.2, -0.15) is 0 Å². The van der Waals surface area contributed by atoms with Gasteiger partial charge in [0.1, 0.15) is 5.69 Å². The van der Waals surface area contributed by atoms with Gasteiger partial charge in [-0.05, 0) is 29.0 Å². The highest BCUT2D eigenvalue weighted by Crippen LogP contribution is 2.24. The second-order valence-corrected chi connectivity index (χ2v) is 8.31. The van der Waals surface area contributed by atoms with Crippen LogP contribution < -0.4 is 4.90 Å². The molecular formula is C18H24N4OS. The molecule has 1 amide bonds. The van der Waals surface area contributed by atoms with Crippen LogP contribution in [0.25, 0.3) is 10.6 Å². The van der Waals surface area contributed by atoms with Gasteiger partial charge in [0, 0.05) is 32.6 Å². The van der Waals surface area contributed by atoms with Gasteiger partial charge in [0.25, 0.3) is 0 Å². The van der Waals surface area contributed by atoms with Crippen molar-refractivity contribution in [3.63, 3.8) is 0 Å². The Hall–Kier alpha value is -1.95. The topological polar surface area (TPSA) is 49.3 Å². The summed E-state index contributed by atoms with van der Waals surface area (Å²) < 4.78 is 0. The molecule has 2 aromatic rings. The van der Waals surface area contributed by atoms with Crippen molar-refractivity contribution in [2.45, 2.75) is 27.2 Å². The molecule has 128 valence electrons. The highest BCUT2D eigenvalue weighted by Gasteiger charge is 2.25. The van der Waals surface area contributed by atoms with Crippen LogP contribution >= 0.6 is 11.3 Å². The Kier molecular flexibility index (Phi) is 4.85. The third kappa shape index (κ3) is 4.12. The first-order chi connectivity index (χ1) is 11.4. The molecule has 0 aromatic carbocycles. The van der Waals surface area contributed by atoms with E-state index in [9.17, 15) is 4.79 Å². The van der Waals surface area contributed by atoms with Gasteiger partial charge in [-0.3, -0.25) is 4.79 Å². The minimum absolute atomic E-state index is 0.0390. The van der Waals surface area contributed by atoms with Gasteiger partial charge in [-0.25, -0.2) is 0 Å². The fourth-order valence-electron chi connectivity index (χ4n) is 2.80. The van der Waals surface area contributed by atoms with E-state index in [1.807, 2.05) is 34.5 Å². The van der Waals surface area contributed by atoms with Crippen molar-refractivity contribution in [2.24, 2.45) is 5.41 Å². The second kappa shape index (κ2) is 6.89. The van der Waals surface area contributed by atoms with E-state index < -0.39 is 0 Å². The zero-order valence-electron chi connectivity index (χ0n) is 14.5. The van der Waals surface area contributed by atoms with Crippen molar-refractivity contribution < 1.29 is 4.79 Å². The second-order valence-electron chi connectivity index (χ2n) is 7.36. The number of amides is 1. The van der Waals surface area contributed by atoms with E-state index >= 15 is 0 Å². The number of piperazine rings is 1. The van der Waals surface area contributed by atoms with Crippen molar-refractivity contribution in [2.75, 3.05) is 31.1 Å². The summed E-state index contributed by atoms with van der Waals surface area (Å²) in [6, 6.07) is 8.11. The first kappa shape index (κ1) is 16.9. The zero-order valence-corrected chi connectivity index (χ0v) is 15.3. The summed E-state index contributed by atoms with van der Waals surface area (Å²) in [5.41, 5.74) is 0.949. The maximum Gasteiger partial charge on any atom is 0.223 e. The van der Waals surface area contributed by atoms with E-state index in [0.717, 1.165) is 42.6 Å². The summed E-state index contributed by atoms with van der Waals surface area (Å²) in [5.74, 6) is 1.14. The van der Waals surface area contributed by atoms with Crippen molar-refractivity contribution >= 4 is 23.1 Å². The van der Waals surface area contributed by atoms with Gasteiger partial charge < -0.3 is 9.80 Å². The van der Waals surface area contributed by atoms with Gasteiger partial charge in [0.2, 0.25) is 5.91 Å². The Bertz CT molecular complexity index is 668. The standard InChI is InChI=1S/C18H24N4OS/c1-18(2,3)13-17(23)22-10-8-21(9-11-22)16-7-6-14(19-20-16)15-5-4-12-24-15/h4-7,12H,8-11,13H2,1-3H3. The van der Waals surface area contributed by atoms with Gasteiger partial charge in [0.15, 0.2) is 5.82 Å². The molecule has 1 aliphatic rings. The Morgan fingerprint density at radius 3 is 2.42 bits per heavy atom. The molecule has 5 nitrogen and oxygen atoms in total. The number of hydrogen-bond donors (Lipinski definition) is 0. The Balaban J connectivity index is 1.58. The number of nitrogens with zero attached hydrogens (tertiary/aromatic N) is 4. The average Bonchev–Trinajstić information content (AvgIpc) is 3.08.